The predicted molar refractivity (Wildman–Crippen MR) is 167 cm³/mol. The van der Waals surface area contributed by atoms with Crippen molar-refractivity contribution >= 4 is 53.4 Å². The lowest BCUT2D eigenvalue weighted by Gasteiger charge is -2.27. The first kappa shape index (κ1) is 45.1. The summed E-state index contributed by atoms with van der Waals surface area (Å²) in [6.45, 7) is 3.49. The maximum absolute atomic E-state index is 13.3. The molecule has 22 nitrogen and oxygen atoms in total. The molecule has 0 rings (SSSR count). The quantitative estimate of drug-likeness (QED) is 0.0467. The zero-order valence-corrected chi connectivity index (χ0v) is 27.9. The molecule has 50 heavy (non-hydrogen) atoms. The highest BCUT2D eigenvalue weighted by Crippen LogP contribution is 2.08. The molecule has 14 N–H and O–H groups in total. The molecule has 0 aromatic rings. The first-order valence-corrected chi connectivity index (χ1v) is 15.3. The van der Waals surface area contributed by atoms with E-state index in [4.69, 9.17) is 15.9 Å². The molecule has 0 heterocycles. The molecule has 8 atom stereocenters. The highest BCUT2D eigenvalue weighted by atomic mass is 16.4. The van der Waals surface area contributed by atoms with E-state index in [1.54, 1.807) is 13.8 Å². The van der Waals surface area contributed by atoms with Crippen LogP contribution in [-0.4, -0.2) is 146 Å². The van der Waals surface area contributed by atoms with Crippen molar-refractivity contribution in [2.24, 2.45) is 11.7 Å². The smallest absolute Gasteiger partial charge is 0.328 e. The summed E-state index contributed by atoms with van der Waals surface area (Å²) in [5, 5.41) is 69.2. The second-order valence-corrected chi connectivity index (χ2v) is 11.7. The summed E-state index contributed by atoms with van der Waals surface area (Å²) >= 11 is 0. The van der Waals surface area contributed by atoms with Gasteiger partial charge in [0.2, 0.25) is 35.4 Å². The zero-order valence-electron chi connectivity index (χ0n) is 27.9. The molecule has 0 aromatic heterocycles. The van der Waals surface area contributed by atoms with Gasteiger partial charge in [0, 0.05) is 6.42 Å². The monoisotopic (exact) mass is 721 g/mol. The number of rotatable bonds is 23. The molecule has 0 aromatic carbocycles. The number of hydrogen-bond donors (Lipinski definition) is 13. The molecule has 0 unspecified atom stereocenters. The number of aliphatic hydroxyl groups excluding tert-OH is 3. The predicted octanol–water partition coefficient (Wildman–Crippen LogP) is -5.92. The number of aliphatic hydroxyl groups is 3. The molecule has 0 aliphatic carbocycles. The topological polar surface area (TPSA) is 373 Å². The first-order valence-electron chi connectivity index (χ1n) is 15.3. The number of carboxylic acids is 3. The van der Waals surface area contributed by atoms with E-state index in [-0.39, 0.29) is 12.3 Å². The minimum absolute atomic E-state index is 0.0859. The largest absolute Gasteiger partial charge is 0.481 e. The van der Waals surface area contributed by atoms with Crippen LogP contribution in [0, 0.1) is 5.92 Å². The minimum Gasteiger partial charge on any atom is -0.481 e. The van der Waals surface area contributed by atoms with Crippen LogP contribution in [0.5, 0.6) is 0 Å². The Bertz CT molecular complexity index is 1250. The number of carbonyl (C=O) groups is 9. The summed E-state index contributed by atoms with van der Waals surface area (Å²) in [4.78, 5) is 110. The van der Waals surface area contributed by atoms with Gasteiger partial charge in [0.05, 0.1) is 31.8 Å². The molecule has 284 valence electrons. The van der Waals surface area contributed by atoms with Gasteiger partial charge in [-0.15, -0.1) is 0 Å². The summed E-state index contributed by atoms with van der Waals surface area (Å²) < 4.78 is 0. The fraction of sp³-hybridized carbons (Fsp3) is 0.679. The fourth-order valence-corrected chi connectivity index (χ4v) is 4.05. The van der Waals surface area contributed by atoms with Crippen LogP contribution in [0.2, 0.25) is 0 Å². The molecule has 0 spiro atoms. The first-order chi connectivity index (χ1) is 23.1. The average Bonchev–Trinajstić information content (AvgIpc) is 3.00. The van der Waals surface area contributed by atoms with Crippen molar-refractivity contribution in [2.45, 2.75) is 102 Å². The van der Waals surface area contributed by atoms with Gasteiger partial charge in [-0.2, -0.15) is 0 Å². The van der Waals surface area contributed by atoms with Crippen molar-refractivity contribution in [1.29, 1.82) is 0 Å². The number of nitrogens with two attached hydrogens (primary N) is 1. The van der Waals surface area contributed by atoms with Gasteiger partial charge >= 0.3 is 17.9 Å². The second-order valence-electron chi connectivity index (χ2n) is 11.7. The van der Waals surface area contributed by atoms with Crippen molar-refractivity contribution in [1.82, 2.24) is 31.9 Å². The Morgan fingerprint density at radius 2 is 1.02 bits per heavy atom. The molecule has 6 amide bonds. The summed E-state index contributed by atoms with van der Waals surface area (Å²) in [5.41, 5.74) is 5.44. The Morgan fingerprint density at radius 1 is 0.580 bits per heavy atom. The second kappa shape index (κ2) is 21.9. The molecule has 22 heteroatoms. The molecular weight excluding hydrogens is 674 g/mol. The van der Waals surface area contributed by atoms with Gasteiger partial charge in [0.15, 0.2) is 6.04 Å². The Balaban J connectivity index is 5.77. The fourth-order valence-electron chi connectivity index (χ4n) is 4.05. The molecular formula is C28H47N7O15. The van der Waals surface area contributed by atoms with Crippen LogP contribution in [0.15, 0.2) is 0 Å². The number of aliphatic carboxylic acids is 3. The van der Waals surface area contributed by atoms with Crippen molar-refractivity contribution in [2.75, 3.05) is 13.2 Å². The van der Waals surface area contributed by atoms with E-state index in [2.05, 4.69) is 26.6 Å². The van der Waals surface area contributed by atoms with Gasteiger partial charge < -0.3 is 68.3 Å². The van der Waals surface area contributed by atoms with Crippen molar-refractivity contribution < 1.29 is 73.8 Å². The van der Waals surface area contributed by atoms with Crippen LogP contribution in [0.3, 0.4) is 0 Å². The van der Waals surface area contributed by atoms with Crippen LogP contribution in [-0.2, 0) is 43.2 Å². The molecule has 0 saturated heterocycles. The number of carbonyl (C=O) groups excluding carboxylic acids is 6. The van der Waals surface area contributed by atoms with Crippen LogP contribution in [0.4, 0.5) is 0 Å². The van der Waals surface area contributed by atoms with E-state index >= 15 is 0 Å². The SMILES string of the molecule is CC(C)C[C@H](NC(=O)[C@H](CO)NC(=O)[C@H](CO)NC(=O)[C@H](C)NC(=O)[C@@H](N)CC(=O)O)C(=O)N[C@@H](CCC(=O)O)C(=O)N[C@H](C(=O)O)[C@@H](C)O. The van der Waals surface area contributed by atoms with Crippen LogP contribution in [0.25, 0.3) is 0 Å². The average molecular weight is 722 g/mol. The number of hydrogen-bond acceptors (Lipinski definition) is 13. The third-order valence-electron chi connectivity index (χ3n) is 6.78. The van der Waals surface area contributed by atoms with E-state index in [9.17, 15) is 63.6 Å². The number of carboxylic acid groups (broad SMARTS) is 3. The Morgan fingerprint density at radius 3 is 1.44 bits per heavy atom. The van der Waals surface area contributed by atoms with Crippen molar-refractivity contribution in [3.8, 4) is 0 Å². The Labute approximate surface area is 285 Å². The van der Waals surface area contributed by atoms with E-state index in [0.29, 0.717) is 0 Å². The molecule has 0 saturated carbocycles. The molecule has 0 radical (unpaired) electrons. The lowest BCUT2D eigenvalue weighted by molar-refractivity contribution is -0.145. The number of amides is 6. The maximum atomic E-state index is 13.3. The Kier molecular flexibility index (Phi) is 19.8. The maximum Gasteiger partial charge on any atom is 0.328 e. The van der Waals surface area contributed by atoms with Gasteiger partial charge in [0.1, 0.15) is 30.2 Å². The summed E-state index contributed by atoms with van der Waals surface area (Å²) in [6, 6.07) is -11.2. The summed E-state index contributed by atoms with van der Waals surface area (Å²) in [6.07, 6.45) is -3.54. The highest BCUT2D eigenvalue weighted by Gasteiger charge is 2.34. The zero-order chi connectivity index (χ0) is 38.9. The van der Waals surface area contributed by atoms with Gasteiger partial charge in [0.25, 0.3) is 0 Å². The van der Waals surface area contributed by atoms with Gasteiger partial charge in [-0.1, -0.05) is 13.8 Å². The van der Waals surface area contributed by atoms with E-state index in [1.165, 1.54) is 6.92 Å². The van der Waals surface area contributed by atoms with Crippen LogP contribution < -0.4 is 37.6 Å². The third kappa shape index (κ3) is 16.5. The van der Waals surface area contributed by atoms with E-state index in [0.717, 1.165) is 6.92 Å². The molecule has 0 aliphatic rings. The van der Waals surface area contributed by atoms with Gasteiger partial charge in [-0.05, 0) is 32.6 Å². The molecule has 0 bridgehead atoms. The Hall–Kier alpha value is -4.93. The summed E-state index contributed by atoms with van der Waals surface area (Å²) in [5.74, 6) is -11.1. The highest BCUT2D eigenvalue weighted by molar-refractivity contribution is 5.97. The van der Waals surface area contributed by atoms with Crippen LogP contribution >= 0.6 is 0 Å². The lowest BCUT2D eigenvalue weighted by atomic mass is 10.0. The third-order valence-corrected chi connectivity index (χ3v) is 6.78. The van der Waals surface area contributed by atoms with Gasteiger partial charge in [-0.25, -0.2) is 4.79 Å². The van der Waals surface area contributed by atoms with Gasteiger partial charge in [-0.3, -0.25) is 38.4 Å². The van der Waals surface area contributed by atoms with Crippen LogP contribution in [0.1, 0.15) is 53.4 Å². The summed E-state index contributed by atoms with van der Waals surface area (Å²) in [7, 11) is 0. The van der Waals surface area contributed by atoms with E-state index < -0.39 is 134 Å². The lowest BCUT2D eigenvalue weighted by Crippen LogP contribution is -2.61. The normalized spacial score (nSPS) is 15.8. The number of nitrogens with one attached hydrogen (secondary N) is 6. The van der Waals surface area contributed by atoms with Crippen molar-refractivity contribution in [3.05, 3.63) is 0 Å². The molecule has 0 aliphatic heterocycles. The standard InChI is InChI=1S/C28H47N7O15/c1-11(2)7-16(25(46)31-15(5-6-19(39)40)24(45)35-21(13(4)38)28(49)50)32-26(47)18(10-37)34-27(48)17(9-36)33-22(43)12(3)30-23(44)14(29)8-20(41)42/h11-18,21,36-38H,5-10,29H2,1-4H3,(H,30,44)(H,31,46)(H,32,47)(H,33,43)(H,34,48)(H,35,45)(H,39,40)(H,41,42)(H,49,50)/t12-,13+,14-,15-,16-,17-,18-,21-/m0/s1. The molecule has 0 fully saturated rings. The minimum atomic E-state index is -1.80. The van der Waals surface area contributed by atoms with Crippen molar-refractivity contribution in [3.63, 3.8) is 0 Å². The van der Waals surface area contributed by atoms with E-state index in [1.807, 2.05) is 5.32 Å².